The van der Waals surface area contributed by atoms with Crippen LogP contribution in [-0.2, 0) is 5.75 Å². The second-order valence-electron chi connectivity index (χ2n) is 5.12. The Bertz CT molecular complexity index is 744. The van der Waals surface area contributed by atoms with Crippen molar-refractivity contribution < 1.29 is 14.3 Å². The molecule has 0 spiro atoms. The molecule has 0 aliphatic rings. The Morgan fingerprint density at radius 3 is 2.58 bits per heavy atom. The molecule has 24 heavy (non-hydrogen) atoms. The molecule has 0 saturated carbocycles. The van der Waals surface area contributed by atoms with Gasteiger partial charge in [-0.3, -0.25) is 0 Å². The molecule has 3 rings (SSSR count). The van der Waals surface area contributed by atoms with E-state index in [1.807, 2.05) is 30.3 Å². The van der Waals surface area contributed by atoms with Gasteiger partial charge in [-0.05, 0) is 48.6 Å². The Labute approximate surface area is 144 Å². The Morgan fingerprint density at radius 1 is 1.00 bits per heavy atom. The number of aromatic hydroxyl groups is 1. The topological polar surface area (TPSA) is 68.4 Å². The van der Waals surface area contributed by atoms with Crippen LogP contribution in [0.1, 0.15) is 12.3 Å². The molecule has 0 fully saturated rings. The lowest BCUT2D eigenvalue weighted by Gasteiger charge is -2.04. The molecule has 1 N–H and O–H groups in total. The lowest BCUT2D eigenvalue weighted by Crippen LogP contribution is -1.98. The van der Waals surface area contributed by atoms with Gasteiger partial charge in [0.25, 0.3) is 0 Å². The van der Waals surface area contributed by atoms with Gasteiger partial charge in [-0.25, -0.2) is 0 Å². The van der Waals surface area contributed by atoms with Crippen LogP contribution in [0.2, 0.25) is 0 Å². The van der Waals surface area contributed by atoms with Crippen LogP contribution in [0.4, 0.5) is 0 Å². The maximum Gasteiger partial charge on any atom is 0.247 e. The summed E-state index contributed by atoms with van der Waals surface area (Å²) in [6.07, 6.45) is 0.957. The van der Waals surface area contributed by atoms with Crippen molar-refractivity contribution in [2.24, 2.45) is 0 Å². The normalized spacial score (nSPS) is 10.7. The third kappa shape index (κ3) is 4.76. The fourth-order valence-corrected chi connectivity index (χ4v) is 2.82. The molecule has 3 aromatic rings. The molecule has 0 saturated heterocycles. The number of benzene rings is 2. The molecule has 0 aliphatic carbocycles. The maximum absolute atomic E-state index is 9.29. The summed E-state index contributed by atoms with van der Waals surface area (Å²) in [5.74, 6) is 3.83. The van der Waals surface area contributed by atoms with Crippen molar-refractivity contribution in [1.29, 1.82) is 0 Å². The van der Waals surface area contributed by atoms with Gasteiger partial charge in [-0.1, -0.05) is 18.2 Å². The van der Waals surface area contributed by atoms with Crippen molar-refractivity contribution in [1.82, 2.24) is 10.2 Å². The van der Waals surface area contributed by atoms with E-state index in [-0.39, 0.29) is 5.75 Å². The first-order chi connectivity index (χ1) is 11.8. The van der Waals surface area contributed by atoms with Crippen LogP contribution in [0.3, 0.4) is 0 Å². The molecule has 1 heterocycles. The average Bonchev–Trinajstić information content (AvgIpc) is 3.08. The molecule has 0 radical (unpaired) electrons. The predicted molar refractivity (Wildman–Crippen MR) is 94.1 cm³/mol. The van der Waals surface area contributed by atoms with Gasteiger partial charge in [-0.2, -0.15) is 11.8 Å². The highest BCUT2D eigenvalue weighted by molar-refractivity contribution is 7.98. The number of hydrogen-bond donors (Lipinski definition) is 1. The smallest absolute Gasteiger partial charge is 0.247 e. The summed E-state index contributed by atoms with van der Waals surface area (Å²) in [5, 5.41) is 17.4. The molecule has 124 valence electrons. The maximum atomic E-state index is 9.29. The summed E-state index contributed by atoms with van der Waals surface area (Å²) < 4.78 is 11.3. The fourth-order valence-electron chi connectivity index (χ4n) is 2.06. The van der Waals surface area contributed by atoms with Crippen molar-refractivity contribution in [2.45, 2.75) is 12.2 Å². The van der Waals surface area contributed by atoms with Gasteiger partial charge in [-0.15, -0.1) is 10.2 Å². The van der Waals surface area contributed by atoms with Gasteiger partial charge in [0.2, 0.25) is 11.8 Å². The van der Waals surface area contributed by atoms with E-state index in [9.17, 15) is 5.11 Å². The molecule has 0 bridgehead atoms. The molecule has 2 aromatic carbocycles. The van der Waals surface area contributed by atoms with Crippen LogP contribution in [0, 0.1) is 0 Å². The number of para-hydroxylation sites is 1. The van der Waals surface area contributed by atoms with Gasteiger partial charge in [0.05, 0.1) is 12.4 Å². The van der Waals surface area contributed by atoms with E-state index in [0.29, 0.717) is 24.1 Å². The number of aromatic nitrogens is 2. The standard InChI is InChI=1S/C18H18N2O3S/c21-15-9-7-14(8-10-15)18-20-19-17(23-18)13-24-12-4-11-22-16-5-2-1-3-6-16/h1-3,5-10,21H,4,11-13H2. The second-order valence-corrected chi connectivity index (χ2v) is 6.22. The minimum Gasteiger partial charge on any atom is -0.508 e. The van der Waals surface area contributed by atoms with E-state index in [4.69, 9.17) is 9.15 Å². The van der Waals surface area contributed by atoms with Crippen molar-refractivity contribution in [3.8, 4) is 23.0 Å². The molecule has 6 heteroatoms. The van der Waals surface area contributed by atoms with Gasteiger partial charge < -0.3 is 14.3 Å². The van der Waals surface area contributed by atoms with E-state index in [0.717, 1.165) is 23.5 Å². The van der Waals surface area contributed by atoms with Gasteiger partial charge >= 0.3 is 0 Å². The van der Waals surface area contributed by atoms with E-state index in [2.05, 4.69) is 10.2 Å². The van der Waals surface area contributed by atoms with Crippen molar-refractivity contribution >= 4 is 11.8 Å². The van der Waals surface area contributed by atoms with Gasteiger partial charge in [0.15, 0.2) is 0 Å². The fraction of sp³-hybridized carbons (Fsp3) is 0.222. The molecular weight excluding hydrogens is 324 g/mol. The first-order valence-corrected chi connectivity index (χ1v) is 8.84. The SMILES string of the molecule is Oc1ccc(-c2nnc(CSCCCOc3ccccc3)o2)cc1. The van der Waals surface area contributed by atoms with Crippen LogP contribution in [0.15, 0.2) is 59.0 Å². The van der Waals surface area contributed by atoms with Crippen LogP contribution < -0.4 is 4.74 Å². The highest BCUT2D eigenvalue weighted by Gasteiger charge is 2.08. The van der Waals surface area contributed by atoms with E-state index >= 15 is 0 Å². The van der Waals surface area contributed by atoms with Crippen molar-refractivity contribution in [2.75, 3.05) is 12.4 Å². The zero-order valence-corrected chi connectivity index (χ0v) is 13.9. The first-order valence-electron chi connectivity index (χ1n) is 7.68. The van der Waals surface area contributed by atoms with Crippen molar-refractivity contribution in [3.05, 3.63) is 60.5 Å². The molecule has 0 atom stereocenters. The molecule has 5 nitrogen and oxygen atoms in total. The summed E-state index contributed by atoms with van der Waals surface area (Å²) >= 11 is 1.74. The number of nitrogens with zero attached hydrogens (tertiary/aromatic N) is 2. The lowest BCUT2D eigenvalue weighted by molar-refractivity contribution is 0.318. The Balaban J connectivity index is 1.37. The summed E-state index contributed by atoms with van der Waals surface area (Å²) in [7, 11) is 0. The second kappa shape index (κ2) is 8.40. The first kappa shape index (κ1) is 16.4. The molecular formula is C18H18N2O3S. The number of phenolic OH excluding ortho intramolecular Hbond substituents is 1. The number of rotatable bonds is 8. The molecule has 1 aromatic heterocycles. The molecule has 0 amide bonds. The van der Waals surface area contributed by atoms with Gasteiger partial charge in [0.1, 0.15) is 11.5 Å². The van der Waals surface area contributed by atoms with E-state index < -0.39 is 0 Å². The zero-order chi connectivity index (χ0) is 16.6. The average molecular weight is 342 g/mol. The van der Waals surface area contributed by atoms with E-state index in [1.54, 1.807) is 36.0 Å². The monoisotopic (exact) mass is 342 g/mol. The zero-order valence-electron chi connectivity index (χ0n) is 13.1. The number of ether oxygens (including phenoxy) is 1. The minimum atomic E-state index is 0.215. The molecule has 0 unspecified atom stereocenters. The Kier molecular flexibility index (Phi) is 5.74. The molecule has 0 aliphatic heterocycles. The Hall–Kier alpha value is -2.47. The minimum absolute atomic E-state index is 0.215. The number of thioether (sulfide) groups is 1. The largest absolute Gasteiger partial charge is 0.508 e. The number of hydrogen-bond acceptors (Lipinski definition) is 6. The summed E-state index contributed by atoms with van der Waals surface area (Å²) in [6.45, 7) is 0.694. The third-order valence-corrected chi connectivity index (χ3v) is 4.28. The van der Waals surface area contributed by atoms with Crippen molar-refractivity contribution in [3.63, 3.8) is 0 Å². The van der Waals surface area contributed by atoms with Crippen LogP contribution in [-0.4, -0.2) is 27.7 Å². The summed E-state index contributed by atoms with van der Waals surface area (Å²) in [5.41, 5.74) is 0.799. The predicted octanol–water partition coefficient (Wildman–Crippen LogP) is 4.14. The highest BCUT2D eigenvalue weighted by atomic mass is 32.2. The van der Waals surface area contributed by atoms with Crippen LogP contribution in [0.25, 0.3) is 11.5 Å². The summed E-state index contributed by atoms with van der Waals surface area (Å²) in [6, 6.07) is 16.5. The number of phenols is 1. The van der Waals surface area contributed by atoms with Crippen LogP contribution >= 0.6 is 11.8 Å². The summed E-state index contributed by atoms with van der Waals surface area (Å²) in [4.78, 5) is 0. The quantitative estimate of drug-likeness (QED) is 0.620. The Morgan fingerprint density at radius 2 is 1.79 bits per heavy atom. The third-order valence-electron chi connectivity index (χ3n) is 3.25. The lowest BCUT2D eigenvalue weighted by atomic mass is 10.2. The van der Waals surface area contributed by atoms with Gasteiger partial charge in [0, 0.05) is 5.56 Å². The van der Waals surface area contributed by atoms with Crippen LogP contribution in [0.5, 0.6) is 11.5 Å². The highest BCUT2D eigenvalue weighted by Crippen LogP contribution is 2.22. The van der Waals surface area contributed by atoms with E-state index in [1.165, 1.54) is 0 Å².